The van der Waals surface area contributed by atoms with Crippen LogP contribution in [-0.4, -0.2) is 44.2 Å². The van der Waals surface area contributed by atoms with Gasteiger partial charge in [0.25, 0.3) is 0 Å². The summed E-state index contributed by atoms with van der Waals surface area (Å²) in [7, 11) is 2.30. The molecule has 2 atom stereocenters. The van der Waals surface area contributed by atoms with Crippen LogP contribution < -0.4 is 10.6 Å². The van der Waals surface area contributed by atoms with E-state index >= 15 is 0 Å². The number of hydrogen-bond donors (Lipinski definition) is 1. The normalized spacial score (nSPS) is 26.7. The molecule has 1 aromatic rings. The largest absolute Gasteiger partial charge is 0.371 e. The van der Waals surface area contributed by atoms with Crippen LogP contribution in [0.25, 0.3) is 0 Å². The number of nitrogens with zero attached hydrogens (tertiary/aromatic N) is 2. The summed E-state index contributed by atoms with van der Waals surface area (Å²) in [5, 5.41) is 0. The van der Waals surface area contributed by atoms with Crippen molar-refractivity contribution in [2.75, 3.05) is 38.1 Å². The zero-order valence-corrected chi connectivity index (χ0v) is 14.5. The maximum Gasteiger partial charge on any atom is 0.0410 e. The number of hydrogen-bond acceptors (Lipinski definition) is 3. The topological polar surface area (TPSA) is 32.5 Å². The number of benzene rings is 1. The lowest BCUT2D eigenvalue weighted by molar-refractivity contribution is 0.102. The Balaban J connectivity index is 1.80. The number of rotatable bonds is 3. The van der Waals surface area contributed by atoms with Crippen molar-refractivity contribution in [3.63, 3.8) is 0 Å². The molecule has 3 rings (SSSR count). The first-order valence-electron chi connectivity index (χ1n) is 8.12. The summed E-state index contributed by atoms with van der Waals surface area (Å²) in [6.07, 6.45) is 4.98. The van der Waals surface area contributed by atoms with Gasteiger partial charge in [0.05, 0.1) is 0 Å². The summed E-state index contributed by atoms with van der Waals surface area (Å²) in [6.45, 7) is 4.36. The van der Waals surface area contributed by atoms with Gasteiger partial charge < -0.3 is 15.5 Å². The minimum absolute atomic E-state index is 0.720. The molecule has 3 nitrogen and oxygen atoms in total. The summed E-state index contributed by atoms with van der Waals surface area (Å²) < 4.78 is 1.17. The van der Waals surface area contributed by atoms with Crippen molar-refractivity contribution in [1.29, 1.82) is 0 Å². The second-order valence-corrected chi connectivity index (χ2v) is 7.41. The van der Waals surface area contributed by atoms with Crippen LogP contribution in [0.3, 0.4) is 0 Å². The lowest BCUT2D eigenvalue weighted by atomic mass is 9.84. The molecule has 2 heterocycles. The first-order chi connectivity index (χ1) is 10.2. The highest BCUT2D eigenvalue weighted by atomic mass is 79.9. The van der Waals surface area contributed by atoms with Crippen LogP contribution >= 0.6 is 15.9 Å². The second kappa shape index (κ2) is 6.67. The Bertz CT molecular complexity index is 491. The summed E-state index contributed by atoms with van der Waals surface area (Å²) in [5.41, 5.74) is 8.57. The molecule has 21 heavy (non-hydrogen) atoms. The second-order valence-electron chi connectivity index (χ2n) is 6.50. The molecule has 2 aliphatic rings. The van der Waals surface area contributed by atoms with E-state index in [-0.39, 0.29) is 0 Å². The molecule has 0 aliphatic carbocycles. The van der Waals surface area contributed by atoms with Gasteiger partial charge in [-0.15, -0.1) is 0 Å². The molecule has 0 bridgehead atoms. The summed E-state index contributed by atoms with van der Waals surface area (Å²) in [5.74, 6) is 0.821. The first-order valence-corrected chi connectivity index (χ1v) is 8.92. The molecule has 4 heteroatoms. The van der Waals surface area contributed by atoms with Crippen molar-refractivity contribution in [3.8, 4) is 0 Å². The molecule has 2 N–H and O–H groups in total. The van der Waals surface area contributed by atoms with Crippen molar-refractivity contribution in [1.82, 2.24) is 4.90 Å². The fraction of sp³-hybridized carbons (Fsp3) is 0.647. The molecule has 2 aliphatic heterocycles. The molecule has 0 saturated carbocycles. The summed E-state index contributed by atoms with van der Waals surface area (Å²) >= 11 is 3.63. The Hall–Kier alpha value is -0.580. The van der Waals surface area contributed by atoms with E-state index in [4.69, 9.17) is 5.73 Å². The monoisotopic (exact) mass is 351 g/mol. The van der Waals surface area contributed by atoms with Gasteiger partial charge in [0.2, 0.25) is 0 Å². The number of fused-ring (bicyclic) bond motifs is 1. The van der Waals surface area contributed by atoms with E-state index in [1.807, 2.05) is 0 Å². The van der Waals surface area contributed by atoms with Crippen LogP contribution in [0, 0.1) is 5.92 Å². The molecule has 0 amide bonds. The average Bonchev–Trinajstić information content (AvgIpc) is 2.49. The Labute approximate surface area is 136 Å². The third kappa shape index (κ3) is 3.27. The zero-order chi connectivity index (χ0) is 14.8. The van der Waals surface area contributed by atoms with Crippen molar-refractivity contribution in [3.05, 3.63) is 28.2 Å². The molecule has 0 spiro atoms. The number of likely N-dealkylation sites (tertiary alicyclic amines) is 1. The van der Waals surface area contributed by atoms with Gasteiger partial charge in [0.1, 0.15) is 0 Å². The molecule has 0 radical (unpaired) electrons. The minimum atomic E-state index is 0.720. The maximum absolute atomic E-state index is 5.78. The van der Waals surface area contributed by atoms with Gasteiger partial charge in [0, 0.05) is 29.3 Å². The zero-order valence-electron chi connectivity index (χ0n) is 12.9. The number of halogens is 1. The molecule has 0 aromatic heterocycles. The highest BCUT2D eigenvalue weighted by molar-refractivity contribution is 9.10. The van der Waals surface area contributed by atoms with E-state index in [2.05, 4.69) is 51.0 Å². The van der Waals surface area contributed by atoms with Gasteiger partial charge >= 0.3 is 0 Å². The standard InChI is InChI=1S/C17H26BrN3/c1-20-9-2-3-14-12-21(10-7-16(14)20)17-11-15(18)5-4-13(17)6-8-19/h4-5,11,14,16H,2-3,6-10,12,19H2,1H3. The van der Waals surface area contributed by atoms with E-state index in [0.717, 1.165) is 24.9 Å². The van der Waals surface area contributed by atoms with Crippen LogP contribution in [0.4, 0.5) is 5.69 Å². The Morgan fingerprint density at radius 1 is 1.29 bits per heavy atom. The molecule has 2 fully saturated rings. The Kier molecular flexibility index (Phi) is 4.87. The van der Waals surface area contributed by atoms with Gasteiger partial charge in [-0.3, -0.25) is 0 Å². The molecule has 116 valence electrons. The van der Waals surface area contributed by atoms with Crippen LogP contribution in [0.1, 0.15) is 24.8 Å². The van der Waals surface area contributed by atoms with Crippen molar-refractivity contribution < 1.29 is 0 Å². The van der Waals surface area contributed by atoms with Gasteiger partial charge in [-0.05, 0) is 69.4 Å². The highest BCUT2D eigenvalue weighted by Crippen LogP contribution is 2.34. The van der Waals surface area contributed by atoms with Gasteiger partial charge in [-0.1, -0.05) is 22.0 Å². The van der Waals surface area contributed by atoms with Crippen molar-refractivity contribution in [2.45, 2.75) is 31.7 Å². The van der Waals surface area contributed by atoms with Gasteiger partial charge in [0.15, 0.2) is 0 Å². The average molecular weight is 352 g/mol. The Morgan fingerprint density at radius 3 is 2.95 bits per heavy atom. The SMILES string of the molecule is CN1CCCC2CN(c3cc(Br)ccc3CCN)CCC21. The first kappa shape index (κ1) is 15.3. The summed E-state index contributed by atoms with van der Waals surface area (Å²) in [6, 6.07) is 7.43. The van der Waals surface area contributed by atoms with Crippen LogP contribution in [0.2, 0.25) is 0 Å². The minimum Gasteiger partial charge on any atom is -0.371 e. The van der Waals surface area contributed by atoms with E-state index in [0.29, 0.717) is 0 Å². The molecule has 2 saturated heterocycles. The predicted octanol–water partition coefficient (Wildman–Crippen LogP) is 2.87. The third-order valence-electron chi connectivity index (χ3n) is 5.15. The molecule has 2 unspecified atom stereocenters. The number of anilines is 1. The Morgan fingerprint density at radius 2 is 2.14 bits per heavy atom. The molecular formula is C17H26BrN3. The number of piperidine rings is 2. The van der Waals surface area contributed by atoms with E-state index in [1.54, 1.807) is 0 Å². The number of nitrogens with two attached hydrogens (primary N) is 1. The van der Waals surface area contributed by atoms with Gasteiger partial charge in [-0.25, -0.2) is 0 Å². The molecule has 1 aromatic carbocycles. The van der Waals surface area contributed by atoms with Gasteiger partial charge in [-0.2, -0.15) is 0 Å². The van der Waals surface area contributed by atoms with E-state index in [1.165, 1.54) is 54.6 Å². The van der Waals surface area contributed by atoms with Crippen LogP contribution in [-0.2, 0) is 6.42 Å². The fourth-order valence-corrected chi connectivity index (χ4v) is 4.42. The molecular weight excluding hydrogens is 326 g/mol. The maximum atomic E-state index is 5.78. The lowest BCUT2D eigenvalue weighted by Crippen LogP contribution is -2.52. The van der Waals surface area contributed by atoms with Crippen molar-refractivity contribution in [2.24, 2.45) is 11.7 Å². The van der Waals surface area contributed by atoms with E-state index in [9.17, 15) is 0 Å². The predicted molar refractivity (Wildman–Crippen MR) is 92.9 cm³/mol. The smallest absolute Gasteiger partial charge is 0.0410 e. The van der Waals surface area contributed by atoms with Crippen LogP contribution in [0.5, 0.6) is 0 Å². The highest BCUT2D eigenvalue weighted by Gasteiger charge is 2.34. The third-order valence-corrected chi connectivity index (χ3v) is 5.64. The quantitative estimate of drug-likeness (QED) is 0.908. The van der Waals surface area contributed by atoms with Crippen LogP contribution in [0.15, 0.2) is 22.7 Å². The van der Waals surface area contributed by atoms with E-state index < -0.39 is 0 Å². The summed E-state index contributed by atoms with van der Waals surface area (Å²) in [4.78, 5) is 5.17. The van der Waals surface area contributed by atoms with Crippen molar-refractivity contribution >= 4 is 21.6 Å². The lowest BCUT2D eigenvalue weighted by Gasteiger charge is -2.47. The fourth-order valence-electron chi connectivity index (χ4n) is 4.07.